The molecule has 0 aromatic heterocycles. The Bertz CT molecular complexity index is 608. The van der Waals surface area contributed by atoms with Gasteiger partial charge in [-0.25, -0.2) is 4.79 Å². The number of hydrogen-bond acceptors (Lipinski definition) is 3. The van der Waals surface area contributed by atoms with Crippen LogP contribution in [-0.2, 0) is 16.8 Å². The molecule has 5 nitrogen and oxygen atoms in total. The van der Waals surface area contributed by atoms with E-state index in [4.69, 9.17) is 0 Å². The van der Waals surface area contributed by atoms with Crippen LogP contribution in [0.3, 0.4) is 0 Å². The van der Waals surface area contributed by atoms with Gasteiger partial charge in [0.25, 0.3) is 5.91 Å². The second-order valence-corrected chi connectivity index (χ2v) is 6.87. The van der Waals surface area contributed by atoms with Crippen LogP contribution in [0.1, 0.15) is 44.2 Å². The van der Waals surface area contributed by atoms with Crippen LogP contribution in [0.15, 0.2) is 24.3 Å². The lowest BCUT2D eigenvalue weighted by atomic mass is 9.86. The lowest BCUT2D eigenvalue weighted by molar-refractivity contribution is -0.132. The summed E-state index contributed by atoms with van der Waals surface area (Å²) in [4.78, 5) is 27.0. The first kappa shape index (κ1) is 17.0. The number of rotatable bonds is 5. The second-order valence-electron chi connectivity index (χ2n) is 6.87. The van der Waals surface area contributed by atoms with Crippen molar-refractivity contribution < 1.29 is 9.59 Å². The molecule has 0 bridgehead atoms. The molecular formula is C19H27N3O2. The molecule has 1 aromatic rings. The largest absolute Gasteiger partial charge is 0.325 e. The zero-order valence-corrected chi connectivity index (χ0v) is 14.6. The third-order valence-corrected chi connectivity index (χ3v) is 5.40. The molecular weight excluding hydrogens is 302 g/mol. The van der Waals surface area contributed by atoms with Gasteiger partial charge in [-0.1, -0.05) is 38.1 Å². The number of nitrogens with zero attached hydrogens (tertiary/aromatic N) is 1. The van der Waals surface area contributed by atoms with Gasteiger partial charge in [0.05, 0.1) is 0 Å². The summed E-state index contributed by atoms with van der Waals surface area (Å²) in [5.74, 6) is 0.244. The van der Waals surface area contributed by atoms with Gasteiger partial charge in [-0.2, -0.15) is 0 Å². The van der Waals surface area contributed by atoms with Gasteiger partial charge < -0.3 is 10.6 Å². The highest BCUT2D eigenvalue weighted by Crippen LogP contribution is 2.33. The normalized spacial score (nSPS) is 27.4. The third-order valence-electron chi connectivity index (χ3n) is 5.40. The molecule has 2 saturated heterocycles. The maximum absolute atomic E-state index is 13.1. The number of nitrogens with one attached hydrogen (secondary N) is 2. The molecule has 0 spiro atoms. The number of carbonyl (C=O) groups is 2. The summed E-state index contributed by atoms with van der Waals surface area (Å²) in [6.07, 6.45) is 3.68. The predicted octanol–water partition coefficient (Wildman–Crippen LogP) is 2.41. The first-order valence-corrected chi connectivity index (χ1v) is 9.05. The lowest BCUT2D eigenvalue weighted by Gasteiger charge is -2.28. The number of urea groups is 1. The van der Waals surface area contributed by atoms with Gasteiger partial charge in [0.1, 0.15) is 5.54 Å². The van der Waals surface area contributed by atoms with E-state index in [0.717, 1.165) is 37.9 Å². The fraction of sp³-hybridized carbons (Fsp3) is 0.579. The van der Waals surface area contributed by atoms with Crippen molar-refractivity contribution in [2.45, 2.75) is 45.1 Å². The van der Waals surface area contributed by atoms with E-state index >= 15 is 0 Å². The van der Waals surface area contributed by atoms with Crippen LogP contribution in [0.5, 0.6) is 0 Å². The van der Waals surface area contributed by atoms with E-state index < -0.39 is 5.54 Å². The number of piperidine rings is 1. The highest BCUT2D eigenvalue weighted by molar-refractivity contribution is 6.07. The Balaban J connectivity index is 1.83. The maximum Gasteiger partial charge on any atom is 0.325 e. The molecule has 2 N–H and O–H groups in total. The Morgan fingerprint density at radius 2 is 1.96 bits per heavy atom. The number of carbonyl (C=O) groups excluding carboxylic acids is 2. The number of benzene rings is 1. The number of imide groups is 1. The van der Waals surface area contributed by atoms with Gasteiger partial charge in [0, 0.05) is 6.54 Å². The number of amides is 3. The molecule has 3 amide bonds. The molecule has 1 aromatic carbocycles. The second kappa shape index (κ2) is 6.93. The Hall–Kier alpha value is -1.88. The topological polar surface area (TPSA) is 61.4 Å². The van der Waals surface area contributed by atoms with Crippen molar-refractivity contribution in [3.8, 4) is 0 Å². The highest BCUT2D eigenvalue weighted by Gasteiger charge is 2.51. The van der Waals surface area contributed by atoms with E-state index in [1.807, 2.05) is 31.2 Å². The summed E-state index contributed by atoms with van der Waals surface area (Å²) in [6, 6.07) is 7.78. The summed E-state index contributed by atoms with van der Waals surface area (Å²) in [5.41, 5.74) is 1.20. The zero-order chi connectivity index (χ0) is 17.2. The Morgan fingerprint density at radius 3 is 2.54 bits per heavy atom. The van der Waals surface area contributed by atoms with Crippen molar-refractivity contribution in [1.82, 2.24) is 15.5 Å². The predicted molar refractivity (Wildman–Crippen MR) is 93.6 cm³/mol. The minimum Gasteiger partial charge on any atom is -0.319 e. The van der Waals surface area contributed by atoms with Crippen molar-refractivity contribution in [2.75, 3.05) is 19.6 Å². The molecule has 2 aliphatic heterocycles. The average Bonchev–Trinajstić information content (AvgIpc) is 2.88. The molecule has 5 heteroatoms. The number of aryl methyl sites for hydroxylation is 1. The first-order chi connectivity index (χ1) is 11.6. The van der Waals surface area contributed by atoms with E-state index in [-0.39, 0.29) is 11.9 Å². The van der Waals surface area contributed by atoms with Gasteiger partial charge in [-0.3, -0.25) is 9.69 Å². The van der Waals surface area contributed by atoms with E-state index in [2.05, 4.69) is 17.6 Å². The van der Waals surface area contributed by atoms with Gasteiger partial charge in [0.2, 0.25) is 0 Å². The molecule has 3 rings (SSSR count). The Morgan fingerprint density at radius 1 is 1.21 bits per heavy atom. The van der Waals surface area contributed by atoms with Crippen LogP contribution >= 0.6 is 0 Å². The van der Waals surface area contributed by atoms with Crippen LogP contribution in [0.25, 0.3) is 0 Å². The maximum atomic E-state index is 13.1. The monoisotopic (exact) mass is 329 g/mol. The van der Waals surface area contributed by atoms with Gasteiger partial charge in [-0.15, -0.1) is 0 Å². The molecule has 130 valence electrons. The summed E-state index contributed by atoms with van der Waals surface area (Å²) < 4.78 is 0. The van der Waals surface area contributed by atoms with Gasteiger partial charge >= 0.3 is 6.03 Å². The summed E-state index contributed by atoms with van der Waals surface area (Å²) in [6.45, 7) is 6.47. The van der Waals surface area contributed by atoms with E-state index in [1.165, 1.54) is 10.5 Å². The molecule has 2 aliphatic rings. The molecule has 0 radical (unpaired) electrons. The lowest BCUT2D eigenvalue weighted by Crippen LogP contribution is -2.44. The SMILES string of the molecule is CCc1ccc(C2(CC)NC(=O)N(CC3CCCNC3)C2=O)cc1. The molecule has 0 saturated carbocycles. The summed E-state index contributed by atoms with van der Waals surface area (Å²) in [5, 5.41) is 6.33. The van der Waals surface area contributed by atoms with Gasteiger partial charge in [-0.05, 0) is 55.8 Å². The zero-order valence-electron chi connectivity index (χ0n) is 14.6. The third kappa shape index (κ3) is 2.93. The summed E-state index contributed by atoms with van der Waals surface area (Å²) in [7, 11) is 0. The smallest absolute Gasteiger partial charge is 0.319 e. The standard InChI is InChI=1S/C19H27N3O2/c1-3-14-7-9-16(10-8-14)19(4-2)17(23)22(18(24)21-19)13-15-6-5-11-20-12-15/h7-10,15,20H,3-6,11-13H2,1-2H3,(H,21,24). The van der Waals surface area contributed by atoms with Crippen molar-refractivity contribution in [2.24, 2.45) is 5.92 Å². The van der Waals surface area contributed by atoms with Crippen molar-refractivity contribution in [3.63, 3.8) is 0 Å². The minimum absolute atomic E-state index is 0.107. The van der Waals surface area contributed by atoms with Crippen molar-refractivity contribution >= 4 is 11.9 Å². The Kier molecular flexibility index (Phi) is 4.90. The van der Waals surface area contributed by atoms with Crippen LogP contribution in [0.4, 0.5) is 4.79 Å². The molecule has 2 heterocycles. The van der Waals surface area contributed by atoms with Crippen molar-refractivity contribution in [1.29, 1.82) is 0 Å². The number of hydrogen-bond donors (Lipinski definition) is 2. The minimum atomic E-state index is -0.911. The Labute approximate surface area is 143 Å². The summed E-state index contributed by atoms with van der Waals surface area (Å²) >= 11 is 0. The van der Waals surface area contributed by atoms with Crippen LogP contribution in [-0.4, -0.2) is 36.5 Å². The first-order valence-electron chi connectivity index (χ1n) is 9.05. The van der Waals surface area contributed by atoms with Gasteiger partial charge in [0.15, 0.2) is 0 Å². The fourth-order valence-electron chi connectivity index (χ4n) is 3.79. The van der Waals surface area contributed by atoms with Crippen LogP contribution in [0, 0.1) is 5.92 Å². The van der Waals surface area contributed by atoms with E-state index in [9.17, 15) is 9.59 Å². The van der Waals surface area contributed by atoms with Crippen molar-refractivity contribution in [3.05, 3.63) is 35.4 Å². The molecule has 2 unspecified atom stereocenters. The fourth-order valence-corrected chi connectivity index (χ4v) is 3.79. The van der Waals surface area contributed by atoms with E-state index in [1.54, 1.807) is 0 Å². The average molecular weight is 329 g/mol. The molecule has 2 atom stereocenters. The van der Waals surface area contributed by atoms with Crippen LogP contribution in [0.2, 0.25) is 0 Å². The van der Waals surface area contributed by atoms with Crippen LogP contribution < -0.4 is 10.6 Å². The quantitative estimate of drug-likeness (QED) is 0.816. The highest BCUT2D eigenvalue weighted by atomic mass is 16.2. The molecule has 24 heavy (non-hydrogen) atoms. The molecule has 0 aliphatic carbocycles. The van der Waals surface area contributed by atoms with E-state index in [0.29, 0.717) is 18.9 Å². The molecule has 2 fully saturated rings.